The van der Waals surface area contributed by atoms with E-state index in [4.69, 9.17) is 14.9 Å². The highest BCUT2D eigenvalue weighted by molar-refractivity contribution is 5.90. The van der Waals surface area contributed by atoms with E-state index < -0.39 is 42.3 Å². The van der Waals surface area contributed by atoms with Crippen molar-refractivity contribution in [1.29, 1.82) is 0 Å². The monoisotopic (exact) mass is 364 g/mol. The van der Waals surface area contributed by atoms with Crippen LogP contribution in [0, 0.1) is 0 Å². The van der Waals surface area contributed by atoms with Gasteiger partial charge in [-0.15, -0.1) is 0 Å². The van der Waals surface area contributed by atoms with E-state index in [-0.39, 0.29) is 13.0 Å². The van der Waals surface area contributed by atoms with Gasteiger partial charge >= 0.3 is 12.1 Å². The molecule has 1 aliphatic heterocycles. The Morgan fingerprint density at radius 2 is 1.88 bits per heavy atom. The smallest absolute Gasteiger partial charge is 0.411 e. The number of hydrogen-bond acceptors (Lipinski definition) is 5. The van der Waals surface area contributed by atoms with E-state index in [2.05, 4.69) is 5.32 Å². The fraction of sp³-hybridized carbons (Fsp3) is 0.500. The zero-order chi connectivity index (χ0) is 19.5. The minimum atomic E-state index is -1.43. The number of aliphatic hydroxyl groups excluding tert-OH is 1. The number of carbonyl (C=O) groups excluding carboxylic acids is 2. The number of hydrogen-bond donors (Lipinski definition) is 3. The molecule has 0 radical (unpaired) electrons. The lowest BCUT2D eigenvalue weighted by atomic mass is 9.93. The van der Waals surface area contributed by atoms with Gasteiger partial charge in [0.1, 0.15) is 17.7 Å². The second-order valence-electron chi connectivity index (χ2n) is 7.18. The van der Waals surface area contributed by atoms with E-state index in [0.29, 0.717) is 0 Å². The Balaban J connectivity index is 2.28. The molecule has 1 aliphatic rings. The van der Waals surface area contributed by atoms with Crippen LogP contribution in [0.25, 0.3) is 0 Å². The lowest BCUT2D eigenvalue weighted by Crippen LogP contribution is -2.56. The van der Waals surface area contributed by atoms with Crippen LogP contribution in [0.1, 0.15) is 31.9 Å². The van der Waals surface area contributed by atoms with E-state index in [1.807, 2.05) is 24.3 Å². The molecule has 26 heavy (non-hydrogen) atoms. The average Bonchev–Trinajstić information content (AvgIpc) is 2.56. The summed E-state index contributed by atoms with van der Waals surface area (Å²) in [6.45, 7) is 4.62. The van der Waals surface area contributed by atoms with Gasteiger partial charge in [-0.2, -0.15) is 0 Å². The molecule has 8 nitrogen and oxygen atoms in total. The number of carbonyl (C=O) groups is 3. The van der Waals surface area contributed by atoms with Crippen LogP contribution >= 0.6 is 0 Å². The van der Waals surface area contributed by atoms with Gasteiger partial charge in [0, 0.05) is 6.42 Å². The zero-order valence-electron chi connectivity index (χ0n) is 15.1. The topological polar surface area (TPSA) is 116 Å². The summed E-state index contributed by atoms with van der Waals surface area (Å²) in [4.78, 5) is 37.6. The second-order valence-corrected chi connectivity index (χ2v) is 7.18. The van der Waals surface area contributed by atoms with Gasteiger partial charge in [-0.05, 0) is 31.9 Å². The molecular formula is C18H24N2O6. The Morgan fingerprint density at radius 3 is 2.42 bits per heavy atom. The quantitative estimate of drug-likeness (QED) is 0.731. The van der Waals surface area contributed by atoms with Gasteiger partial charge in [-0.25, -0.2) is 9.59 Å². The molecule has 0 spiro atoms. The number of amides is 2. The number of carboxylic acids is 1. The van der Waals surface area contributed by atoms with Crippen LogP contribution in [0.4, 0.5) is 4.79 Å². The molecule has 1 aromatic rings. The number of carboxylic acid groups (broad SMARTS) is 1. The number of benzene rings is 1. The standard InChI is InChI=1S/C18H24N2O6/c1-18(2,3)26-17(25)20-9-12-7-5-4-6-11(12)8-14(20)15(22)19-13(10-21)16(23)24/h4-7,13-14,21H,8-10H2,1-3H3,(H,19,22)(H,23,24)/t13-,14-/m0/s1. The number of aliphatic hydroxyl groups is 1. The summed E-state index contributed by atoms with van der Waals surface area (Å²) < 4.78 is 5.39. The molecule has 1 heterocycles. The van der Waals surface area contributed by atoms with Crippen LogP contribution in [0.3, 0.4) is 0 Å². The fourth-order valence-electron chi connectivity index (χ4n) is 2.72. The SMILES string of the molecule is CC(C)(C)OC(=O)N1Cc2ccccc2C[C@H]1C(=O)N[C@@H](CO)C(=O)O. The first-order valence-corrected chi connectivity index (χ1v) is 8.33. The number of fused-ring (bicyclic) bond motifs is 1. The fourth-order valence-corrected chi connectivity index (χ4v) is 2.72. The zero-order valence-corrected chi connectivity index (χ0v) is 15.1. The number of nitrogens with one attached hydrogen (secondary N) is 1. The molecule has 0 aromatic heterocycles. The number of nitrogens with zero attached hydrogens (tertiary/aromatic N) is 1. The highest BCUT2D eigenvalue weighted by Crippen LogP contribution is 2.25. The van der Waals surface area contributed by atoms with Crippen molar-refractivity contribution < 1.29 is 29.3 Å². The van der Waals surface area contributed by atoms with E-state index in [9.17, 15) is 14.4 Å². The maximum atomic E-state index is 12.6. The number of rotatable bonds is 4. The Labute approximate surface area is 151 Å². The third kappa shape index (κ3) is 4.72. The molecule has 3 N–H and O–H groups in total. The summed E-state index contributed by atoms with van der Waals surface area (Å²) in [5, 5.41) is 20.4. The molecular weight excluding hydrogens is 340 g/mol. The van der Waals surface area contributed by atoms with Gasteiger partial charge in [-0.1, -0.05) is 24.3 Å². The highest BCUT2D eigenvalue weighted by Gasteiger charge is 2.38. The Morgan fingerprint density at radius 1 is 1.27 bits per heavy atom. The molecule has 2 atom stereocenters. The molecule has 142 valence electrons. The number of aliphatic carboxylic acids is 1. The van der Waals surface area contributed by atoms with Crippen LogP contribution in [0.5, 0.6) is 0 Å². The van der Waals surface area contributed by atoms with Gasteiger partial charge < -0.3 is 20.3 Å². The minimum Gasteiger partial charge on any atom is -0.480 e. The summed E-state index contributed by atoms with van der Waals surface area (Å²) in [7, 11) is 0. The largest absolute Gasteiger partial charge is 0.480 e. The Hall–Kier alpha value is -2.61. The predicted octanol–water partition coefficient (Wildman–Crippen LogP) is 0.910. The van der Waals surface area contributed by atoms with Crippen molar-refractivity contribution in [2.75, 3.05) is 6.61 Å². The molecule has 0 fully saturated rings. The molecule has 2 rings (SSSR count). The van der Waals surface area contributed by atoms with Gasteiger partial charge in [-0.3, -0.25) is 9.69 Å². The molecule has 0 saturated carbocycles. The highest BCUT2D eigenvalue weighted by atomic mass is 16.6. The first kappa shape index (κ1) is 19.7. The van der Waals surface area contributed by atoms with Gasteiger partial charge in [0.25, 0.3) is 0 Å². The summed E-state index contributed by atoms with van der Waals surface area (Å²) in [6, 6.07) is 5.06. The van der Waals surface area contributed by atoms with Crippen molar-refractivity contribution in [3.05, 3.63) is 35.4 Å². The average molecular weight is 364 g/mol. The molecule has 8 heteroatoms. The van der Waals surface area contributed by atoms with Crippen LogP contribution in [0.2, 0.25) is 0 Å². The van der Waals surface area contributed by atoms with E-state index in [0.717, 1.165) is 11.1 Å². The lowest BCUT2D eigenvalue weighted by Gasteiger charge is -2.37. The predicted molar refractivity (Wildman–Crippen MR) is 92.4 cm³/mol. The van der Waals surface area contributed by atoms with Crippen molar-refractivity contribution in [2.45, 2.75) is 51.4 Å². The molecule has 0 saturated heterocycles. The van der Waals surface area contributed by atoms with Crippen molar-refractivity contribution in [3.63, 3.8) is 0 Å². The third-order valence-corrected chi connectivity index (χ3v) is 3.98. The minimum absolute atomic E-state index is 0.181. The van der Waals surface area contributed by atoms with Crippen molar-refractivity contribution in [1.82, 2.24) is 10.2 Å². The normalized spacial score (nSPS) is 17.8. The Bertz CT molecular complexity index is 697. The summed E-state index contributed by atoms with van der Waals surface area (Å²) >= 11 is 0. The molecule has 1 aromatic carbocycles. The first-order chi connectivity index (χ1) is 12.1. The third-order valence-electron chi connectivity index (χ3n) is 3.98. The molecule has 0 unspecified atom stereocenters. The van der Waals surface area contributed by atoms with Gasteiger partial charge in [0.05, 0.1) is 13.2 Å². The number of ether oxygens (including phenoxy) is 1. The van der Waals surface area contributed by atoms with E-state index >= 15 is 0 Å². The van der Waals surface area contributed by atoms with Crippen LogP contribution in [-0.2, 0) is 27.3 Å². The van der Waals surface area contributed by atoms with E-state index in [1.54, 1.807) is 20.8 Å². The van der Waals surface area contributed by atoms with Gasteiger partial charge in [0.15, 0.2) is 0 Å². The molecule has 2 amide bonds. The van der Waals surface area contributed by atoms with E-state index in [1.165, 1.54) is 4.90 Å². The van der Waals surface area contributed by atoms with Crippen LogP contribution in [0.15, 0.2) is 24.3 Å². The maximum absolute atomic E-state index is 12.6. The van der Waals surface area contributed by atoms with Crippen LogP contribution < -0.4 is 5.32 Å². The van der Waals surface area contributed by atoms with Gasteiger partial charge in [0.2, 0.25) is 5.91 Å². The van der Waals surface area contributed by atoms with Crippen molar-refractivity contribution in [2.24, 2.45) is 0 Å². The second kappa shape index (κ2) is 7.74. The van der Waals surface area contributed by atoms with Crippen LogP contribution in [-0.4, -0.2) is 57.4 Å². The van der Waals surface area contributed by atoms with Crippen molar-refractivity contribution in [3.8, 4) is 0 Å². The van der Waals surface area contributed by atoms with Crippen molar-refractivity contribution >= 4 is 18.0 Å². The summed E-state index contributed by atoms with van der Waals surface area (Å²) in [5.41, 5.74) is 1.08. The first-order valence-electron chi connectivity index (χ1n) is 8.33. The Kier molecular flexibility index (Phi) is 5.86. The molecule has 0 bridgehead atoms. The summed E-state index contributed by atoms with van der Waals surface area (Å²) in [6.07, 6.45) is -0.415. The lowest BCUT2D eigenvalue weighted by molar-refractivity contribution is -0.143. The summed E-state index contributed by atoms with van der Waals surface area (Å²) in [5.74, 6) is -1.99. The maximum Gasteiger partial charge on any atom is 0.411 e. The molecule has 0 aliphatic carbocycles.